The Hall–Kier alpha value is -1.31. The molecular formula is C19H29IN4O. The van der Waals surface area contributed by atoms with Crippen LogP contribution in [0.15, 0.2) is 29.3 Å². The number of carbonyl (C=O) groups excluding carboxylic acids is 1. The summed E-state index contributed by atoms with van der Waals surface area (Å²) >= 11 is 0. The van der Waals surface area contributed by atoms with Crippen LogP contribution in [0.25, 0.3) is 0 Å². The van der Waals surface area contributed by atoms with E-state index in [0.717, 1.165) is 55.5 Å². The largest absolute Gasteiger partial charge is 0.356 e. The highest BCUT2D eigenvalue weighted by Gasteiger charge is 2.21. The smallest absolute Gasteiger partial charge is 0.253 e. The summed E-state index contributed by atoms with van der Waals surface area (Å²) < 4.78 is 0. The van der Waals surface area contributed by atoms with Crippen LogP contribution in [0.5, 0.6) is 0 Å². The first-order valence-corrected chi connectivity index (χ1v) is 9.09. The number of nitrogens with zero attached hydrogens (tertiary/aromatic N) is 2. The molecule has 2 aliphatic rings. The van der Waals surface area contributed by atoms with Crippen LogP contribution in [0.1, 0.15) is 48.0 Å². The number of benzene rings is 1. The second kappa shape index (κ2) is 9.99. The number of likely N-dealkylation sites (tertiary alicyclic amines) is 1. The summed E-state index contributed by atoms with van der Waals surface area (Å²) in [6.07, 6.45) is 6.15. The lowest BCUT2D eigenvalue weighted by atomic mass is 10.1. The molecule has 25 heavy (non-hydrogen) atoms. The summed E-state index contributed by atoms with van der Waals surface area (Å²) in [6, 6.07) is 7.93. The maximum absolute atomic E-state index is 12.5. The molecule has 6 heteroatoms. The zero-order valence-corrected chi connectivity index (χ0v) is 17.3. The van der Waals surface area contributed by atoms with E-state index in [-0.39, 0.29) is 29.9 Å². The van der Waals surface area contributed by atoms with Gasteiger partial charge in [0.15, 0.2) is 5.96 Å². The first-order chi connectivity index (χ1) is 11.8. The number of amides is 1. The molecule has 0 spiro atoms. The number of guanidine groups is 1. The van der Waals surface area contributed by atoms with Crippen LogP contribution in [0, 0.1) is 5.92 Å². The Morgan fingerprint density at radius 3 is 2.40 bits per heavy atom. The van der Waals surface area contributed by atoms with Crippen LogP contribution in [-0.4, -0.2) is 43.4 Å². The molecule has 1 saturated carbocycles. The second-order valence-electron chi connectivity index (χ2n) is 6.80. The van der Waals surface area contributed by atoms with E-state index >= 15 is 0 Å². The van der Waals surface area contributed by atoms with Crippen molar-refractivity contribution in [2.24, 2.45) is 10.9 Å². The number of aliphatic imine (C=N–C) groups is 1. The van der Waals surface area contributed by atoms with Crippen molar-refractivity contribution in [2.75, 3.05) is 26.7 Å². The summed E-state index contributed by atoms with van der Waals surface area (Å²) in [5.74, 6) is 1.83. The fourth-order valence-electron chi connectivity index (χ4n) is 3.01. The van der Waals surface area contributed by atoms with Gasteiger partial charge in [0.05, 0.1) is 0 Å². The number of nitrogens with one attached hydrogen (secondary N) is 2. The third-order valence-electron chi connectivity index (χ3n) is 4.78. The number of piperidine rings is 1. The lowest BCUT2D eigenvalue weighted by molar-refractivity contribution is 0.0724. The van der Waals surface area contributed by atoms with Gasteiger partial charge in [-0.05, 0) is 55.7 Å². The van der Waals surface area contributed by atoms with Crippen LogP contribution in [0.3, 0.4) is 0 Å². The molecule has 138 valence electrons. The van der Waals surface area contributed by atoms with Crippen molar-refractivity contribution in [2.45, 2.75) is 38.6 Å². The summed E-state index contributed by atoms with van der Waals surface area (Å²) in [4.78, 5) is 18.7. The quantitative estimate of drug-likeness (QED) is 0.407. The van der Waals surface area contributed by atoms with Gasteiger partial charge in [0.25, 0.3) is 5.91 Å². The predicted molar refractivity (Wildman–Crippen MR) is 113 cm³/mol. The minimum Gasteiger partial charge on any atom is -0.356 e. The third kappa shape index (κ3) is 6.17. The fraction of sp³-hybridized carbons (Fsp3) is 0.579. The van der Waals surface area contributed by atoms with Gasteiger partial charge in [-0.25, -0.2) is 0 Å². The van der Waals surface area contributed by atoms with E-state index in [2.05, 4.69) is 15.6 Å². The van der Waals surface area contributed by atoms with Gasteiger partial charge in [-0.1, -0.05) is 12.1 Å². The molecule has 0 atom stereocenters. The Labute approximate surface area is 167 Å². The third-order valence-corrected chi connectivity index (χ3v) is 4.78. The van der Waals surface area contributed by atoms with E-state index < -0.39 is 0 Å². The highest BCUT2D eigenvalue weighted by Crippen LogP contribution is 2.27. The molecule has 0 aromatic heterocycles. The van der Waals surface area contributed by atoms with Crippen molar-refractivity contribution in [3.05, 3.63) is 35.4 Å². The molecule has 0 radical (unpaired) electrons. The van der Waals surface area contributed by atoms with Gasteiger partial charge < -0.3 is 15.5 Å². The molecule has 1 heterocycles. The van der Waals surface area contributed by atoms with Crippen molar-refractivity contribution in [3.63, 3.8) is 0 Å². The molecule has 1 aliphatic heterocycles. The Morgan fingerprint density at radius 2 is 1.80 bits per heavy atom. The molecule has 1 aromatic rings. The van der Waals surface area contributed by atoms with Crippen LogP contribution in [-0.2, 0) is 6.54 Å². The molecule has 3 rings (SSSR count). The number of carbonyl (C=O) groups is 1. The van der Waals surface area contributed by atoms with Crippen LogP contribution >= 0.6 is 24.0 Å². The normalized spacial score (nSPS) is 17.6. The Kier molecular flexibility index (Phi) is 7.99. The molecule has 0 bridgehead atoms. The van der Waals surface area contributed by atoms with Gasteiger partial charge in [-0.15, -0.1) is 24.0 Å². The summed E-state index contributed by atoms with van der Waals surface area (Å²) in [6.45, 7) is 3.50. The van der Waals surface area contributed by atoms with Crippen LogP contribution in [0.2, 0.25) is 0 Å². The summed E-state index contributed by atoms with van der Waals surface area (Å²) in [5, 5.41) is 6.68. The fourth-order valence-corrected chi connectivity index (χ4v) is 3.01. The molecule has 1 aliphatic carbocycles. The average molecular weight is 456 g/mol. The zero-order chi connectivity index (χ0) is 16.8. The number of halogens is 1. The van der Waals surface area contributed by atoms with E-state index in [4.69, 9.17) is 0 Å². The Bertz CT molecular complexity index is 578. The van der Waals surface area contributed by atoms with Gasteiger partial charge in [0.2, 0.25) is 0 Å². The topological polar surface area (TPSA) is 56.7 Å². The minimum absolute atomic E-state index is 0. The van der Waals surface area contributed by atoms with E-state index in [1.165, 1.54) is 19.3 Å². The Balaban J connectivity index is 0.00000225. The maximum atomic E-state index is 12.5. The van der Waals surface area contributed by atoms with Crippen LogP contribution < -0.4 is 10.6 Å². The zero-order valence-electron chi connectivity index (χ0n) is 15.0. The van der Waals surface area contributed by atoms with E-state index in [1.807, 2.05) is 29.2 Å². The molecular weight excluding hydrogens is 427 g/mol. The number of hydrogen-bond donors (Lipinski definition) is 2. The monoisotopic (exact) mass is 456 g/mol. The van der Waals surface area contributed by atoms with Gasteiger partial charge >= 0.3 is 0 Å². The van der Waals surface area contributed by atoms with Crippen molar-refractivity contribution in [1.82, 2.24) is 15.5 Å². The molecule has 0 unspecified atom stereocenters. The molecule has 2 fully saturated rings. The maximum Gasteiger partial charge on any atom is 0.253 e. The van der Waals surface area contributed by atoms with Gasteiger partial charge in [0.1, 0.15) is 0 Å². The van der Waals surface area contributed by atoms with E-state index in [1.54, 1.807) is 7.05 Å². The van der Waals surface area contributed by atoms with Crippen molar-refractivity contribution in [3.8, 4) is 0 Å². The van der Waals surface area contributed by atoms with E-state index in [9.17, 15) is 4.79 Å². The molecule has 1 aromatic carbocycles. The second-order valence-corrected chi connectivity index (χ2v) is 6.80. The highest BCUT2D eigenvalue weighted by atomic mass is 127. The lowest BCUT2D eigenvalue weighted by Gasteiger charge is -2.26. The first kappa shape index (κ1) is 20.0. The molecule has 5 nitrogen and oxygen atoms in total. The average Bonchev–Trinajstić information content (AvgIpc) is 3.47. The van der Waals surface area contributed by atoms with Crippen molar-refractivity contribution in [1.29, 1.82) is 0 Å². The lowest BCUT2D eigenvalue weighted by Crippen LogP contribution is -2.37. The summed E-state index contributed by atoms with van der Waals surface area (Å²) in [5.41, 5.74) is 1.94. The van der Waals surface area contributed by atoms with E-state index in [0.29, 0.717) is 6.54 Å². The molecule has 2 N–H and O–H groups in total. The van der Waals surface area contributed by atoms with Gasteiger partial charge in [0, 0.05) is 38.8 Å². The summed E-state index contributed by atoms with van der Waals surface area (Å²) in [7, 11) is 1.79. The number of rotatable bonds is 5. The molecule has 1 amide bonds. The SMILES string of the molecule is CN=C(NCc1ccc(C(=O)N2CCCCC2)cc1)NCC1CC1.I. The minimum atomic E-state index is 0. The Morgan fingerprint density at radius 1 is 1.12 bits per heavy atom. The van der Waals surface area contributed by atoms with Crippen molar-refractivity contribution >= 4 is 35.8 Å². The van der Waals surface area contributed by atoms with Gasteiger partial charge in [-0.2, -0.15) is 0 Å². The van der Waals surface area contributed by atoms with Gasteiger partial charge in [-0.3, -0.25) is 9.79 Å². The van der Waals surface area contributed by atoms with Crippen molar-refractivity contribution < 1.29 is 4.79 Å². The highest BCUT2D eigenvalue weighted by molar-refractivity contribution is 14.0. The number of hydrogen-bond acceptors (Lipinski definition) is 2. The standard InChI is InChI=1S/C19H28N4O.HI/c1-20-19(21-13-15-5-6-15)22-14-16-7-9-17(10-8-16)18(24)23-11-3-2-4-12-23;/h7-10,15H,2-6,11-14H2,1H3,(H2,20,21,22);1H. The first-order valence-electron chi connectivity index (χ1n) is 9.09. The van der Waals surface area contributed by atoms with Crippen LogP contribution in [0.4, 0.5) is 0 Å². The predicted octanol–water partition coefficient (Wildman–Crippen LogP) is 3.01. The molecule has 1 saturated heterocycles.